The Bertz CT molecular complexity index is 692. The molecule has 1 fully saturated rings. The molecule has 4 heteroatoms. The fraction of sp³-hybridized carbons (Fsp3) is 0.435. The van der Waals surface area contributed by atoms with Crippen molar-refractivity contribution in [2.24, 2.45) is 5.92 Å². The number of benzene rings is 2. The van der Waals surface area contributed by atoms with Crippen molar-refractivity contribution in [2.75, 3.05) is 13.2 Å². The Morgan fingerprint density at radius 3 is 1.93 bits per heavy atom. The summed E-state index contributed by atoms with van der Waals surface area (Å²) in [6.45, 7) is 6.66. The molecule has 0 bridgehead atoms. The third-order valence-electron chi connectivity index (χ3n) is 4.57. The number of rotatable bonds is 8. The van der Waals surface area contributed by atoms with Crippen molar-refractivity contribution in [3.8, 4) is 0 Å². The number of epoxide rings is 1. The summed E-state index contributed by atoms with van der Waals surface area (Å²) < 4.78 is 11.0. The fourth-order valence-electron chi connectivity index (χ4n) is 3.15. The first-order valence-electron chi connectivity index (χ1n) is 9.57. The quantitative estimate of drug-likeness (QED) is 0.570. The van der Waals surface area contributed by atoms with Crippen LogP contribution in [0, 0.1) is 5.92 Å². The number of esters is 1. The molecule has 1 saturated heterocycles. The van der Waals surface area contributed by atoms with Gasteiger partial charge >= 0.3 is 5.97 Å². The number of nitrogens with one attached hydrogen (secondary N) is 1. The van der Waals surface area contributed by atoms with Gasteiger partial charge in [0.25, 0.3) is 0 Å². The predicted molar refractivity (Wildman–Crippen MR) is 106 cm³/mol. The molecule has 0 aliphatic carbocycles. The van der Waals surface area contributed by atoms with Gasteiger partial charge < -0.3 is 9.47 Å². The van der Waals surface area contributed by atoms with Gasteiger partial charge in [-0.1, -0.05) is 60.7 Å². The summed E-state index contributed by atoms with van der Waals surface area (Å²) in [7, 11) is 0. The van der Waals surface area contributed by atoms with Gasteiger partial charge in [0.05, 0.1) is 0 Å². The molecule has 4 nitrogen and oxygen atoms in total. The maximum absolute atomic E-state index is 12.5. The van der Waals surface area contributed by atoms with E-state index in [1.54, 1.807) is 0 Å². The summed E-state index contributed by atoms with van der Waals surface area (Å²) in [4.78, 5) is 12.5. The molecular formula is C23H29NO3. The van der Waals surface area contributed by atoms with Crippen LogP contribution in [-0.2, 0) is 27.1 Å². The van der Waals surface area contributed by atoms with Crippen molar-refractivity contribution in [3.63, 3.8) is 0 Å². The zero-order valence-corrected chi connectivity index (χ0v) is 16.4. The lowest BCUT2D eigenvalue weighted by Gasteiger charge is -2.24. The maximum atomic E-state index is 12.5. The van der Waals surface area contributed by atoms with Crippen LogP contribution in [0.5, 0.6) is 0 Å². The Balaban J connectivity index is 1.65. The smallest absolute Gasteiger partial charge is 0.356 e. The van der Waals surface area contributed by atoms with Gasteiger partial charge in [-0.15, -0.1) is 0 Å². The Hall–Kier alpha value is -2.17. The largest absolute Gasteiger partial charge is 0.457 e. The highest BCUT2D eigenvalue weighted by molar-refractivity contribution is 5.82. The third kappa shape index (κ3) is 5.91. The molecule has 3 rings (SSSR count). The molecule has 0 saturated carbocycles. The molecule has 2 aromatic carbocycles. The second-order valence-corrected chi connectivity index (χ2v) is 8.24. The van der Waals surface area contributed by atoms with Crippen molar-refractivity contribution < 1.29 is 14.3 Å². The Morgan fingerprint density at radius 1 is 1.04 bits per heavy atom. The van der Waals surface area contributed by atoms with Crippen LogP contribution in [0.4, 0.5) is 0 Å². The van der Waals surface area contributed by atoms with Crippen LogP contribution < -0.4 is 5.32 Å². The highest BCUT2D eigenvalue weighted by Gasteiger charge is 2.55. The van der Waals surface area contributed by atoms with Gasteiger partial charge in [-0.2, -0.15) is 0 Å². The first kappa shape index (κ1) is 19.6. The zero-order valence-electron chi connectivity index (χ0n) is 16.4. The molecule has 1 atom stereocenters. The van der Waals surface area contributed by atoms with Crippen molar-refractivity contribution >= 4 is 5.97 Å². The van der Waals surface area contributed by atoms with Crippen LogP contribution in [0.3, 0.4) is 0 Å². The van der Waals surface area contributed by atoms with Crippen LogP contribution >= 0.6 is 0 Å². The molecule has 1 aliphatic rings. The van der Waals surface area contributed by atoms with E-state index in [4.69, 9.17) is 9.47 Å². The van der Waals surface area contributed by atoms with Gasteiger partial charge in [0.2, 0.25) is 5.72 Å². The van der Waals surface area contributed by atoms with E-state index < -0.39 is 11.3 Å². The maximum Gasteiger partial charge on any atom is 0.356 e. The molecule has 0 aromatic heterocycles. The van der Waals surface area contributed by atoms with E-state index in [9.17, 15) is 4.79 Å². The van der Waals surface area contributed by atoms with Crippen LogP contribution in [0.2, 0.25) is 0 Å². The fourth-order valence-corrected chi connectivity index (χ4v) is 3.15. The van der Waals surface area contributed by atoms with E-state index in [0.717, 1.165) is 12.8 Å². The van der Waals surface area contributed by atoms with Crippen molar-refractivity contribution in [1.82, 2.24) is 5.32 Å². The van der Waals surface area contributed by atoms with Crippen molar-refractivity contribution in [1.29, 1.82) is 0 Å². The van der Waals surface area contributed by atoms with Crippen LogP contribution in [0.15, 0.2) is 60.7 Å². The van der Waals surface area contributed by atoms with Gasteiger partial charge in [0.15, 0.2) is 0 Å². The Morgan fingerprint density at radius 2 is 1.52 bits per heavy atom. The molecule has 1 N–H and O–H groups in total. The summed E-state index contributed by atoms with van der Waals surface area (Å²) >= 11 is 0. The molecule has 0 amide bonds. The van der Waals surface area contributed by atoms with Gasteiger partial charge in [-0.25, -0.2) is 4.79 Å². The zero-order chi connectivity index (χ0) is 19.3. The number of carbonyl (C=O) groups is 1. The average molecular weight is 367 g/mol. The second kappa shape index (κ2) is 8.24. The van der Waals surface area contributed by atoms with E-state index in [-0.39, 0.29) is 5.97 Å². The lowest BCUT2D eigenvalue weighted by Crippen LogP contribution is -2.47. The summed E-state index contributed by atoms with van der Waals surface area (Å²) in [5.74, 6) is 0.0199. The Kier molecular flexibility index (Phi) is 5.98. The first-order valence-corrected chi connectivity index (χ1v) is 9.57. The van der Waals surface area contributed by atoms with E-state index in [0.29, 0.717) is 19.1 Å². The summed E-state index contributed by atoms with van der Waals surface area (Å²) in [6.07, 6.45) is 1.88. The topological polar surface area (TPSA) is 50.9 Å². The minimum Gasteiger partial charge on any atom is -0.457 e. The monoisotopic (exact) mass is 367 g/mol. The molecule has 0 unspecified atom stereocenters. The summed E-state index contributed by atoms with van der Waals surface area (Å²) in [6, 6.07) is 20.9. The molecule has 2 aromatic rings. The highest BCUT2D eigenvalue weighted by atomic mass is 16.7. The SMILES string of the molecule is CC(C)(C)OC(=O)[C@@]1(NCC(Cc2ccccc2)Cc2ccccc2)CO1. The first-order chi connectivity index (χ1) is 12.9. The van der Waals surface area contributed by atoms with E-state index in [2.05, 4.69) is 53.8 Å². The number of ether oxygens (including phenoxy) is 2. The second-order valence-electron chi connectivity index (χ2n) is 8.24. The van der Waals surface area contributed by atoms with Gasteiger partial charge in [0.1, 0.15) is 12.2 Å². The average Bonchev–Trinajstić information content (AvgIpc) is 3.41. The molecular weight excluding hydrogens is 338 g/mol. The van der Waals surface area contributed by atoms with Crippen molar-refractivity contribution in [2.45, 2.75) is 44.9 Å². The molecule has 144 valence electrons. The Labute approximate surface area is 161 Å². The standard InChI is InChI=1S/C23H29NO3/c1-22(2,3)27-21(25)23(17-26-23)24-16-20(14-18-10-6-4-7-11-18)15-19-12-8-5-9-13-19/h4-13,20,24H,14-17H2,1-3H3/t23-/m1/s1. The number of hydrogen-bond donors (Lipinski definition) is 1. The molecule has 0 spiro atoms. The van der Waals surface area contributed by atoms with Crippen LogP contribution in [0.1, 0.15) is 31.9 Å². The van der Waals surface area contributed by atoms with E-state index in [1.807, 2.05) is 32.9 Å². The van der Waals surface area contributed by atoms with E-state index >= 15 is 0 Å². The summed E-state index contributed by atoms with van der Waals surface area (Å²) in [5.41, 5.74) is 1.09. The van der Waals surface area contributed by atoms with Crippen molar-refractivity contribution in [3.05, 3.63) is 71.8 Å². The molecule has 0 radical (unpaired) electrons. The highest BCUT2D eigenvalue weighted by Crippen LogP contribution is 2.28. The predicted octanol–water partition coefficient (Wildman–Crippen LogP) is 3.75. The molecule has 27 heavy (non-hydrogen) atoms. The van der Waals surface area contributed by atoms with Crippen LogP contribution in [-0.4, -0.2) is 30.4 Å². The van der Waals surface area contributed by atoms with E-state index in [1.165, 1.54) is 11.1 Å². The third-order valence-corrected chi connectivity index (χ3v) is 4.57. The van der Waals surface area contributed by atoms with Gasteiger partial charge in [0, 0.05) is 6.54 Å². The normalized spacial score (nSPS) is 19.1. The van der Waals surface area contributed by atoms with Gasteiger partial charge in [-0.3, -0.25) is 5.32 Å². The minimum atomic E-state index is -0.973. The summed E-state index contributed by atoms with van der Waals surface area (Å²) in [5, 5.41) is 3.34. The minimum absolute atomic E-state index is 0.326. The molecule has 1 aliphatic heterocycles. The van der Waals surface area contributed by atoms with Crippen LogP contribution in [0.25, 0.3) is 0 Å². The lowest BCUT2D eigenvalue weighted by molar-refractivity contribution is -0.163. The number of hydrogen-bond acceptors (Lipinski definition) is 4. The number of carbonyl (C=O) groups excluding carboxylic acids is 1. The lowest BCUT2D eigenvalue weighted by atomic mass is 9.92. The van der Waals surface area contributed by atoms with Gasteiger partial charge in [-0.05, 0) is 50.7 Å². The molecule has 1 heterocycles.